The van der Waals surface area contributed by atoms with Gasteiger partial charge in [0.1, 0.15) is 5.76 Å². The molecule has 31 heavy (non-hydrogen) atoms. The summed E-state index contributed by atoms with van der Waals surface area (Å²) in [4.78, 5) is 15.1. The third-order valence-electron chi connectivity index (χ3n) is 5.27. The average Bonchev–Trinajstić information content (AvgIpc) is 3.50. The number of furan rings is 1. The maximum absolute atomic E-state index is 13.3. The average molecular weight is 411 g/mol. The van der Waals surface area contributed by atoms with E-state index >= 15 is 0 Å². The normalized spacial score (nSPS) is 12.0. The van der Waals surface area contributed by atoms with Gasteiger partial charge in [-0.25, -0.2) is 0 Å². The Labute approximate surface area is 180 Å². The van der Waals surface area contributed by atoms with Crippen LogP contribution in [0.2, 0.25) is 0 Å². The van der Waals surface area contributed by atoms with Gasteiger partial charge >= 0.3 is 0 Å². The van der Waals surface area contributed by atoms with Crippen LogP contribution in [0.4, 0.5) is 5.69 Å². The fourth-order valence-electron chi connectivity index (χ4n) is 3.67. The van der Waals surface area contributed by atoms with Gasteiger partial charge in [-0.05, 0) is 53.1 Å². The molecule has 1 aromatic heterocycles. The number of carbonyl (C=O) groups is 1. The number of nitrogens with zero attached hydrogens (tertiary/aromatic N) is 1. The molecule has 5 nitrogen and oxygen atoms in total. The summed E-state index contributed by atoms with van der Waals surface area (Å²) in [5, 5.41) is 0. The van der Waals surface area contributed by atoms with Crippen LogP contribution in [0.5, 0.6) is 11.5 Å². The summed E-state index contributed by atoms with van der Waals surface area (Å²) in [6.45, 7) is 0.576. The molecule has 5 heteroatoms. The molecule has 4 aromatic rings. The monoisotopic (exact) mass is 411 g/mol. The molecule has 0 bridgehead atoms. The minimum absolute atomic E-state index is 0.0253. The first kappa shape index (κ1) is 19.0. The first-order valence-electron chi connectivity index (χ1n) is 10.1. The molecule has 1 aliphatic rings. The van der Waals surface area contributed by atoms with E-state index in [2.05, 4.69) is 12.1 Å². The molecule has 0 atom stereocenters. The van der Waals surface area contributed by atoms with Crippen molar-refractivity contribution in [1.29, 1.82) is 0 Å². The zero-order chi connectivity index (χ0) is 21.0. The van der Waals surface area contributed by atoms with Crippen LogP contribution in [0.15, 0.2) is 95.6 Å². The Morgan fingerprint density at radius 1 is 0.806 bits per heavy atom. The summed E-state index contributed by atoms with van der Waals surface area (Å²) in [5.41, 5.74) is 3.94. The zero-order valence-corrected chi connectivity index (χ0v) is 16.9. The highest BCUT2D eigenvalue weighted by Crippen LogP contribution is 2.33. The van der Waals surface area contributed by atoms with Crippen molar-refractivity contribution in [1.82, 2.24) is 0 Å². The number of fused-ring (bicyclic) bond motifs is 1. The van der Waals surface area contributed by atoms with Crippen molar-refractivity contribution >= 4 is 11.6 Å². The van der Waals surface area contributed by atoms with E-state index in [0.29, 0.717) is 18.0 Å². The lowest BCUT2D eigenvalue weighted by molar-refractivity contribution is -0.118. The highest BCUT2D eigenvalue weighted by molar-refractivity contribution is 5.95. The lowest BCUT2D eigenvalue weighted by Gasteiger charge is -2.22. The predicted octanol–water partition coefficient (Wildman–Crippen LogP) is 5.45. The Morgan fingerprint density at radius 3 is 2.35 bits per heavy atom. The molecule has 0 saturated carbocycles. The standard InChI is InChI=1S/C26H21NO4/c28-26(16-19-8-13-24-25(15-19)31-18-30-24)27(17-23-7-4-14-29-23)22-11-9-21(10-12-22)20-5-2-1-3-6-20/h1-15H,16-18H2. The fraction of sp³-hybridized carbons (Fsp3) is 0.115. The third-order valence-corrected chi connectivity index (χ3v) is 5.27. The Balaban J connectivity index is 1.40. The van der Waals surface area contributed by atoms with Gasteiger partial charge in [0.25, 0.3) is 0 Å². The molecule has 3 aromatic carbocycles. The van der Waals surface area contributed by atoms with E-state index in [-0.39, 0.29) is 19.1 Å². The molecule has 0 radical (unpaired) electrons. The van der Waals surface area contributed by atoms with E-state index in [4.69, 9.17) is 13.9 Å². The Kier molecular flexibility index (Phi) is 5.15. The zero-order valence-electron chi connectivity index (χ0n) is 16.9. The number of ether oxygens (including phenoxy) is 2. The topological polar surface area (TPSA) is 51.9 Å². The molecule has 1 amide bonds. The number of hydrogen-bond donors (Lipinski definition) is 0. The highest BCUT2D eigenvalue weighted by Gasteiger charge is 2.20. The van der Waals surface area contributed by atoms with Gasteiger partial charge in [-0.15, -0.1) is 0 Å². The molecule has 0 spiro atoms. The Bertz CT molecular complexity index is 1170. The molecule has 0 N–H and O–H groups in total. The highest BCUT2D eigenvalue weighted by atomic mass is 16.7. The molecule has 0 aliphatic carbocycles. The first-order valence-corrected chi connectivity index (χ1v) is 10.1. The van der Waals surface area contributed by atoms with Gasteiger partial charge in [-0.2, -0.15) is 0 Å². The second-order valence-electron chi connectivity index (χ2n) is 7.34. The summed E-state index contributed by atoms with van der Waals surface area (Å²) in [7, 11) is 0. The fourth-order valence-corrected chi connectivity index (χ4v) is 3.67. The van der Waals surface area contributed by atoms with E-state index in [1.807, 2.05) is 72.8 Å². The quantitative estimate of drug-likeness (QED) is 0.423. The first-order chi connectivity index (χ1) is 15.3. The van der Waals surface area contributed by atoms with Gasteiger partial charge in [0.2, 0.25) is 12.7 Å². The molecule has 0 unspecified atom stereocenters. The second kappa shape index (κ2) is 8.40. The van der Waals surface area contributed by atoms with E-state index in [1.54, 1.807) is 11.2 Å². The molecular weight excluding hydrogens is 390 g/mol. The number of rotatable bonds is 6. The number of hydrogen-bond acceptors (Lipinski definition) is 4. The van der Waals surface area contributed by atoms with Crippen LogP contribution in [0.25, 0.3) is 11.1 Å². The van der Waals surface area contributed by atoms with Crippen molar-refractivity contribution in [2.75, 3.05) is 11.7 Å². The summed E-state index contributed by atoms with van der Waals surface area (Å²) >= 11 is 0. The van der Waals surface area contributed by atoms with Gasteiger partial charge in [-0.1, -0.05) is 48.5 Å². The predicted molar refractivity (Wildman–Crippen MR) is 118 cm³/mol. The van der Waals surface area contributed by atoms with Gasteiger partial charge in [0.15, 0.2) is 11.5 Å². The second-order valence-corrected chi connectivity index (χ2v) is 7.34. The summed E-state index contributed by atoms with van der Waals surface area (Å²) in [5.74, 6) is 2.09. The van der Waals surface area contributed by atoms with E-state index in [0.717, 1.165) is 28.1 Å². The lowest BCUT2D eigenvalue weighted by Crippen LogP contribution is -2.31. The van der Waals surface area contributed by atoms with Crippen LogP contribution in [-0.2, 0) is 17.8 Å². The van der Waals surface area contributed by atoms with Crippen molar-refractivity contribution in [2.24, 2.45) is 0 Å². The van der Waals surface area contributed by atoms with Crippen molar-refractivity contribution in [3.05, 3.63) is 103 Å². The number of benzene rings is 3. The molecule has 154 valence electrons. The number of anilines is 1. The summed E-state index contributed by atoms with van der Waals surface area (Å²) < 4.78 is 16.3. The Morgan fingerprint density at radius 2 is 1.58 bits per heavy atom. The Hall–Kier alpha value is -3.99. The number of amides is 1. The number of carbonyl (C=O) groups excluding carboxylic acids is 1. The van der Waals surface area contributed by atoms with Crippen LogP contribution < -0.4 is 14.4 Å². The summed E-state index contributed by atoms with van der Waals surface area (Å²) in [6.07, 6.45) is 1.87. The SMILES string of the molecule is O=C(Cc1ccc2c(c1)OCO2)N(Cc1ccco1)c1ccc(-c2ccccc2)cc1. The van der Waals surface area contributed by atoms with Gasteiger partial charge in [-0.3, -0.25) is 4.79 Å². The van der Waals surface area contributed by atoms with Gasteiger partial charge < -0.3 is 18.8 Å². The van der Waals surface area contributed by atoms with Crippen molar-refractivity contribution in [2.45, 2.75) is 13.0 Å². The van der Waals surface area contributed by atoms with E-state index in [1.165, 1.54) is 0 Å². The van der Waals surface area contributed by atoms with Crippen LogP contribution in [-0.4, -0.2) is 12.7 Å². The van der Waals surface area contributed by atoms with Crippen molar-refractivity contribution in [3.8, 4) is 22.6 Å². The molecule has 2 heterocycles. The smallest absolute Gasteiger partial charge is 0.231 e. The van der Waals surface area contributed by atoms with Crippen LogP contribution in [0, 0.1) is 0 Å². The van der Waals surface area contributed by atoms with Crippen LogP contribution in [0.1, 0.15) is 11.3 Å². The van der Waals surface area contributed by atoms with Crippen LogP contribution >= 0.6 is 0 Å². The minimum Gasteiger partial charge on any atom is -0.467 e. The van der Waals surface area contributed by atoms with E-state index < -0.39 is 0 Å². The maximum atomic E-state index is 13.3. The molecule has 0 fully saturated rings. The van der Waals surface area contributed by atoms with Gasteiger partial charge in [0, 0.05) is 5.69 Å². The maximum Gasteiger partial charge on any atom is 0.231 e. The molecule has 5 rings (SSSR count). The minimum atomic E-state index is -0.0253. The molecular formula is C26H21NO4. The largest absolute Gasteiger partial charge is 0.467 e. The lowest BCUT2D eigenvalue weighted by atomic mass is 10.0. The van der Waals surface area contributed by atoms with E-state index in [9.17, 15) is 4.79 Å². The summed E-state index contributed by atoms with van der Waals surface area (Å²) in [6, 6.07) is 27.5. The molecule has 0 saturated heterocycles. The van der Waals surface area contributed by atoms with Crippen molar-refractivity contribution in [3.63, 3.8) is 0 Å². The van der Waals surface area contributed by atoms with Crippen molar-refractivity contribution < 1.29 is 18.7 Å². The third kappa shape index (κ3) is 4.16. The van der Waals surface area contributed by atoms with Crippen LogP contribution in [0.3, 0.4) is 0 Å². The molecule has 1 aliphatic heterocycles. The van der Waals surface area contributed by atoms with Gasteiger partial charge in [0.05, 0.1) is 19.2 Å².